The van der Waals surface area contributed by atoms with Gasteiger partial charge in [0.2, 0.25) is 0 Å². The van der Waals surface area contributed by atoms with Gasteiger partial charge in [-0.3, -0.25) is 4.90 Å². The van der Waals surface area contributed by atoms with Crippen molar-refractivity contribution in [1.82, 2.24) is 14.8 Å². The second-order valence-corrected chi connectivity index (χ2v) is 10.2. The van der Waals surface area contributed by atoms with Crippen molar-refractivity contribution in [3.63, 3.8) is 0 Å². The highest BCUT2D eigenvalue weighted by molar-refractivity contribution is 5.85. The third-order valence-electron chi connectivity index (χ3n) is 6.27. The second-order valence-electron chi connectivity index (χ2n) is 10.2. The molecule has 1 saturated carbocycles. The maximum Gasteiger partial charge on any atom is 0.410 e. The lowest BCUT2D eigenvalue weighted by Gasteiger charge is -2.52. The highest BCUT2D eigenvalue weighted by Gasteiger charge is 2.47. The van der Waals surface area contributed by atoms with Crippen LogP contribution in [0.3, 0.4) is 0 Å². The van der Waals surface area contributed by atoms with E-state index in [-0.39, 0.29) is 17.5 Å². The van der Waals surface area contributed by atoms with E-state index < -0.39 is 11.6 Å². The number of ether oxygens (including phenoxy) is 2. The molecule has 2 heterocycles. The summed E-state index contributed by atoms with van der Waals surface area (Å²) in [6.45, 7) is 12.4. The van der Waals surface area contributed by atoms with Crippen molar-refractivity contribution in [3.8, 4) is 5.75 Å². The van der Waals surface area contributed by atoms with Gasteiger partial charge in [0.15, 0.2) is 5.72 Å². The standard InChI is InChI=1S/C24H37N3O5/c1-17(2)27(16-18-9-13-26(14-10-18)22(30)32-23(3,4)5)24(11-6-12-24)31-19-7-8-20(21(28)29)25-15-19/h7-8,15,17-18H,6,9-14,16H2,1-5H3,(H,28,29). The predicted octanol–water partition coefficient (Wildman–Crippen LogP) is 4.40. The van der Waals surface area contributed by atoms with E-state index >= 15 is 0 Å². The molecule has 0 atom stereocenters. The second kappa shape index (κ2) is 9.65. The van der Waals surface area contributed by atoms with Crippen LogP contribution in [0, 0.1) is 5.92 Å². The van der Waals surface area contributed by atoms with Crippen LogP contribution in [-0.4, -0.2) is 69.0 Å². The van der Waals surface area contributed by atoms with E-state index in [1.807, 2.05) is 25.7 Å². The van der Waals surface area contributed by atoms with Crippen LogP contribution in [0.25, 0.3) is 0 Å². The summed E-state index contributed by atoms with van der Waals surface area (Å²) in [6.07, 6.45) is 6.11. The fraction of sp³-hybridized carbons (Fsp3) is 0.708. The number of pyridine rings is 1. The van der Waals surface area contributed by atoms with Crippen molar-refractivity contribution in [3.05, 3.63) is 24.0 Å². The molecule has 0 bridgehead atoms. The van der Waals surface area contributed by atoms with E-state index in [4.69, 9.17) is 14.6 Å². The Balaban J connectivity index is 1.62. The maximum absolute atomic E-state index is 12.4. The average molecular weight is 448 g/mol. The zero-order valence-corrected chi connectivity index (χ0v) is 20.0. The molecule has 1 aliphatic carbocycles. The molecule has 0 unspecified atom stereocenters. The molecule has 32 heavy (non-hydrogen) atoms. The largest absolute Gasteiger partial charge is 0.477 e. The minimum absolute atomic E-state index is 0.0115. The molecular weight excluding hydrogens is 410 g/mol. The summed E-state index contributed by atoms with van der Waals surface area (Å²) in [7, 11) is 0. The van der Waals surface area contributed by atoms with Gasteiger partial charge in [-0.15, -0.1) is 0 Å². The van der Waals surface area contributed by atoms with Crippen molar-refractivity contribution in [2.75, 3.05) is 19.6 Å². The number of carbonyl (C=O) groups is 2. The quantitative estimate of drug-likeness (QED) is 0.620. The van der Waals surface area contributed by atoms with Crippen LogP contribution in [0.4, 0.5) is 4.79 Å². The fourth-order valence-electron chi connectivity index (χ4n) is 4.46. The van der Waals surface area contributed by atoms with E-state index in [0.717, 1.165) is 38.6 Å². The minimum atomic E-state index is -1.04. The number of carboxylic acid groups (broad SMARTS) is 1. The first-order chi connectivity index (χ1) is 15.0. The first-order valence-electron chi connectivity index (χ1n) is 11.6. The Morgan fingerprint density at radius 2 is 1.91 bits per heavy atom. The SMILES string of the molecule is CC(C)N(CC1CCN(C(=O)OC(C)(C)C)CC1)C1(Oc2ccc(C(=O)O)nc2)CCC1. The number of aromatic carboxylic acids is 1. The summed E-state index contributed by atoms with van der Waals surface area (Å²) < 4.78 is 12.0. The molecular formula is C24H37N3O5. The molecule has 8 nitrogen and oxygen atoms in total. The Morgan fingerprint density at radius 3 is 2.34 bits per heavy atom. The third kappa shape index (κ3) is 5.91. The summed E-state index contributed by atoms with van der Waals surface area (Å²) in [5.41, 5.74) is -0.853. The molecule has 2 fully saturated rings. The molecule has 1 saturated heterocycles. The Kier molecular flexibility index (Phi) is 7.32. The maximum atomic E-state index is 12.4. The van der Waals surface area contributed by atoms with Gasteiger partial charge in [0, 0.05) is 38.5 Å². The average Bonchev–Trinajstić information content (AvgIpc) is 2.68. The van der Waals surface area contributed by atoms with Gasteiger partial charge in [0.05, 0.1) is 6.20 Å². The van der Waals surface area contributed by atoms with Gasteiger partial charge in [-0.1, -0.05) is 0 Å². The monoisotopic (exact) mass is 447 g/mol. The van der Waals surface area contributed by atoms with Crippen molar-refractivity contribution in [2.45, 2.75) is 84.1 Å². The van der Waals surface area contributed by atoms with Gasteiger partial charge >= 0.3 is 12.1 Å². The number of rotatable bonds is 7. The highest BCUT2D eigenvalue weighted by atomic mass is 16.6. The minimum Gasteiger partial charge on any atom is -0.477 e. The zero-order chi connectivity index (χ0) is 23.5. The summed E-state index contributed by atoms with van der Waals surface area (Å²) in [4.78, 5) is 31.7. The Hall–Kier alpha value is -2.35. The van der Waals surface area contributed by atoms with Crippen molar-refractivity contribution < 1.29 is 24.2 Å². The number of likely N-dealkylation sites (tertiary alicyclic amines) is 1. The lowest BCUT2D eigenvalue weighted by atomic mass is 9.83. The van der Waals surface area contributed by atoms with Crippen molar-refractivity contribution in [2.24, 2.45) is 5.92 Å². The van der Waals surface area contributed by atoms with E-state index in [9.17, 15) is 9.59 Å². The summed E-state index contributed by atoms with van der Waals surface area (Å²) in [5, 5.41) is 9.07. The number of hydrogen-bond acceptors (Lipinski definition) is 6. The molecule has 1 aromatic heterocycles. The predicted molar refractivity (Wildman–Crippen MR) is 121 cm³/mol. The lowest BCUT2D eigenvalue weighted by molar-refractivity contribution is -0.160. The number of piperidine rings is 1. The molecule has 0 aromatic carbocycles. The molecule has 8 heteroatoms. The number of nitrogens with zero attached hydrogens (tertiary/aromatic N) is 3. The van der Waals surface area contributed by atoms with Crippen LogP contribution in [0.2, 0.25) is 0 Å². The molecule has 1 amide bonds. The van der Waals surface area contributed by atoms with E-state index in [2.05, 4.69) is 23.7 Å². The normalized spacial score (nSPS) is 19.0. The van der Waals surface area contributed by atoms with Crippen LogP contribution in [0.5, 0.6) is 5.75 Å². The third-order valence-corrected chi connectivity index (χ3v) is 6.27. The zero-order valence-electron chi connectivity index (χ0n) is 20.0. The first-order valence-corrected chi connectivity index (χ1v) is 11.6. The molecule has 3 rings (SSSR count). The Labute approximate surface area is 190 Å². The molecule has 1 N–H and O–H groups in total. The lowest BCUT2D eigenvalue weighted by Crippen LogP contribution is -2.61. The molecule has 178 valence electrons. The van der Waals surface area contributed by atoms with Gasteiger partial charge in [-0.05, 0) is 71.9 Å². The molecule has 2 aliphatic rings. The van der Waals surface area contributed by atoms with Crippen LogP contribution >= 0.6 is 0 Å². The number of hydrogen-bond donors (Lipinski definition) is 1. The van der Waals surface area contributed by atoms with Crippen LogP contribution < -0.4 is 4.74 Å². The number of carboxylic acids is 1. The molecule has 0 spiro atoms. The topological polar surface area (TPSA) is 92.2 Å². The molecule has 0 radical (unpaired) electrons. The summed E-state index contributed by atoms with van der Waals surface area (Å²) in [5.74, 6) is 0.0289. The Morgan fingerprint density at radius 1 is 1.25 bits per heavy atom. The van der Waals surface area contributed by atoms with Crippen LogP contribution in [-0.2, 0) is 4.74 Å². The fourth-order valence-corrected chi connectivity index (χ4v) is 4.46. The van der Waals surface area contributed by atoms with E-state index in [0.29, 0.717) is 30.8 Å². The van der Waals surface area contributed by atoms with Gasteiger partial charge < -0.3 is 19.5 Å². The van der Waals surface area contributed by atoms with E-state index in [1.54, 1.807) is 6.07 Å². The number of carbonyl (C=O) groups excluding carboxylic acids is 1. The highest BCUT2D eigenvalue weighted by Crippen LogP contribution is 2.41. The Bertz CT molecular complexity index is 791. The summed E-state index contributed by atoms with van der Waals surface area (Å²) >= 11 is 0. The number of amides is 1. The van der Waals surface area contributed by atoms with Crippen LogP contribution in [0.15, 0.2) is 18.3 Å². The van der Waals surface area contributed by atoms with Crippen molar-refractivity contribution >= 4 is 12.1 Å². The van der Waals surface area contributed by atoms with Crippen LogP contribution in [0.1, 0.15) is 77.2 Å². The van der Waals surface area contributed by atoms with Gasteiger partial charge in [-0.25, -0.2) is 14.6 Å². The van der Waals surface area contributed by atoms with Gasteiger partial charge in [-0.2, -0.15) is 0 Å². The van der Waals surface area contributed by atoms with Crippen molar-refractivity contribution in [1.29, 1.82) is 0 Å². The summed E-state index contributed by atoms with van der Waals surface area (Å²) in [6, 6.07) is 3.47. The smallest absolute Gasteiger partial charge is 0.410 e. The van der Waals surface area contributed by atoms with Gasteiger partial charge in [0.25, 0.3) is 0 Å². The molecule has 1 aromatic rings. The van der Waals surface area contributed by atoms with Gasteiger partial charge in [0.1, 0.15) is 17.0 Å². The van der Waals surface area contributed by atoms with E-state index in [1.165, 1.54) is 12.3 Å². The number of aromatic nitrogens is 1. The first kappa shape index (κ1) is 24.3. The molecule has 1 aliphatic heterocycles.